The van der Waals surface area contributed by atoms with Crippen molar-refractivity contribution in [2.24, 2.45) is 0 Å². The normalized spacial score (nSPS) is 24.1. The number of carbonyl (C=O) groups excluding carboxylic acids is 2. The summed E-state index contributed by atoms with van der Waals surface area (Å²) in [7, 11) is 0. The second-order valence-electron chi connectivity index (χ2n) is 4.66. The maximum absolute atomic E-state index is 11.8. The third-order valence-corrected chi connectivity index (χ3v) is 3.21. The number of nitrogens with one attached hydrogen (secondary N) is 2. The maximum Gasteiger partial charge on any atom is 0.337 e. The lowest BCUT2D eigenvalue weighted by Gasteiger charge is -2.24. The van der Waals surface area contributed by atoms with E-state index in [9.17, 15) is 14.7 Å². The van der Waals surface area contributed by atoms with E-state index in [0.717, 1.165) is 6.54 Å². The number of nitrogens with zero attached hydrogens (tertiary/aromatic N) is 1. The average molecular weight is 269 g/mol. The van der Waals surface area contributed by atoms with Gasteiger partial charge in [0.2, 0.25) is 0 Å². The molecule has 1 atom stereocenters. The highest BCUT2D eigenvalue weighted by molar-refractivity contribution is 5.93. The van der Waals surface area contributed by atoms with E-state index in [2.05, 4.69) is 10.6 Å². The van der Waals surface area contributed by atoms with Crippen LogP contribution >= 0.6 is 0 Å². The molecule has 2 amide bonds. The van der Waals surface area contributed by atoms with Crippen molar-refractivity contribution in [3.05, 3.63) is 11.3 Å². The standard InChI is InChI=1S/C12H19N3O4/c1-2-19-11(17)9-5-13-12(18)14-10(9)7-15-4-3-8(16)6-15/h8,16H,2-7H2,1H3,(H2,13,14,18). The van der Waals surface area contributed by atoms with Crippen LogP contribution in [0, 0.1) is 0 Å². The Kier molecular flexibility index (Phi) is 4.39. The zero-order valence-electron chi connectivity index (χ0n) is 10.9. The van der Waals surface area contributed by atoms with Gasteiger partial charge in [-0.05, 0) is 13.3 Å². The van der Waals surface area contributed by atoms with Crippen LogP contribution in [0.2, 0.25) is 0 Å². The number of likely N-dealkylation sites (tertiary alicyclic amines) is 1. The minimum absolute atomic E-state index is 0.177. The Morgan fingerprint density at radius 2 is 2.37 bits per heavy atom. The molecule has 3 N–H and O–H groups in total. The lowest BCUT2D eigenvalue weighted by atomic mass is 10.1. The van der Waals surface area contributed by atoms with Gasteiger partial charge < -0.3 is 20.5 Å². The van der Waals surface area contributed by atoms with Crippen molar-refractivity contribution in [1.82, 2.24) is 15.5 Å². The molecule has 0 radical (unpaired) electrons. The second-order valence-corrected chi connectivity index (χ2v) is 4.66. The smallest absolute Gasteiger partial charge is 0.337 e. The lowest BCUT2D eigenvalue weighted by Crippen LogP contribution is -2.46. The van der Waals surface area contributed by atoms with Gasteiger partial charge in [0.05, 0.1) is 24.8 Å². The number of aliphatic hydroxyl groups is 1. The van der Waals surface area contributed by atoms with Crippen molar-refractivity contribution >= 4 is 12.0 Å². The minimum atomic E-state index is -0.412. The number of hydrogen-bond acceptors (Lipinski definition) is 5. The van der Waals surface area contributed by atoms with Gasteiger partial charge >= 0.3 is 12.0 Å². The molecule has 7 heteroatoms. The van der Waals surface area contributed by atoms with Crippen molar-refractivity contribution in [2.75, 3.05) is 32.8 Å². The molecule has 0 aliphatic carbocycles. The van der Waals surface area contributed by atoms with Gasteiger partial charge in [-0.15, -0.1) is 0 Å². The van der Waals surface area contributed by atoms with E-state index in [-0.39, 0.29) is 18.7 Å². The summed E-state index contributed by atoms with van der Waals surface area (Å²) >= 11 is 0. The summed E-state index contributed by atoms with van der Waals surface area (Å²) in [6.07, 6.45) is 0.387. The molecule has 0 saturated carbocycles. The zero-order valence-corrected chi connectivity index (χ0v) is 10.9. The van der Waals surface area contributed by atoms with Crippen LogP contribution < -0.4 is 10.6 Å². The summed E-state index contributed by atoms with van der Waals surface area (Å²) in [4.78, 5) is 25.2. The molecule has 2 aliphatic rings. The average Bonchev–Trinajstić information content (AvgIpc) is 2.75. The van der Waals surface area contributed by atoms with Crippen LogP contribution in [0.1, 0.15) is 13.3 Å². The van der Waals surface area contributed by atoms with E-state index in [4.69, 9.17) is 4.74 Å². The maximum atomic E-state index is 11.8. The first-order valence-corrected chi connectivity index (χ1v) is 6.44. The molecule has 7 nitrogen and oxygen atoms in total. The number of aliphatic hydroxyl groups excluding tert-OH is 1. The molecule has 2 rings (SSSR count). The zero-order chi connectivity index (χ0) is 13.8. The third-order valence-electron chi connectivity index (χ3n) is 3.21. The van der Waals surface area contributed by atoms with Crippen molar-refractivity contribution in [3.63, 3.8) is 0 Å². The molecule has 0 aromatic heterocycles. The summed E-state index contributed by atoms with van der Waals surface area (Å²) in [5.74, 6) is -0.412. The topological polar surface area (TPSA) is 90.9 Å². The highest BCUT2D eigenvalue weighted by atomic mass is 16.5. The van der Waals surface area contributed by atoms with E-state index in [0.29, 0.717) is 37.4 Å². The lowest BCUT2D eigenvalue weighted by molar-refractivity contribution is -0.138. The van der Waals surface area contributed by atoms with Crippen molar-refractivity contribution in [3.8, 4) is 0 Å². The summed E-state index contributed by atoms with van der Waals surface area (Å²) in [6.45, 7) is 3.97. The van der Waals surface area contributed by atoms with Crippen molar-refractivity contribution < 1.29 is 19.4 Å². The number of urea groups is 1. The molecule has 2 aliphatic heterocycles. The number of esters is 1. The highest BCUT2D eigenvalue weighted by Crippen LogP contribution is 2.14. The quantitative estimate of drug-likeness (QED) is 0.580. The van der Waals surface area contributed by atoms with Gasteiger partial charge in [0, 0.05) is 25.3 Å². The molecule has 0 aromatic carbocycles. The van der Waals surface area contributed by atoms with Gasteiger partial charge in [0.1, 0.15) is 0 Å². The van der Waals surface area contributed by atoms with Crippen LogP contribution in [0.5, 0.6) is 0 Å². The fraction of sp³-hybridized carbons (Fsp3) is 0.667. The van der Waals surface area contributed by atoms with Crippen molar-refractivity contribution in [1.29, 1.82) is 0 Å². The van der Waals surface area contributed by atoms with E-state index >= 15 is 0 Å². The molecular weight excluding hydrogens is 250 g/mol. The van der Waals surface area contributed by atoms with Crippen LogP contribution in [-0.2, 0) is 9.53 Å². The van der Waals surface area contributed by atoms with E-state index in [1.807, 2.05) is 4.90 Å². The minimum Gasteiger partial charge on any atom is -0.463 e. The number of carbonyl (C=O) groups is 2. The van der Waals surface area contributed by atoms with Gasteiger partial charge in [0.25, 0.3) is 0 Å². The predicted molar refractivity (Wildman–Crippen MR) is 67.3 cm³/mol. The number of hydrogen-bond donors (Lipinski definition) is 3. The molecular formula is C12H19N3O4. The van der Waals surface area contributed by atoms with Gasteiger partial charge in [-0.3, -0.25) is 4.90 Å². The van der Waals surface area contributed by atoms with Gasteiger partial charge in [0.15, 0.2) is 0 Å². The Hall–Kier alpha value is -1.60. The van der Waals surface area contributed by atoms with Crippen molar-refractivity contribution in [2.45, 2.75) is 19.4 Å². The van der Waals surface area contributed by atoms with Crippen LogP contribution in [-0.4, -0.2) is 60.9 Å². The molecule has 106 valence electrons. The Morgan fingerprint density at radius 3 is 3.00 bits per heavy atom. The largest absolute Gasteiger partial charge is 0.463 e. The summed E-state index contributed by atoms with van der Waals surface area (Å²) in [5, 5.41) is 14.7. The Labute approximate surface area is 111 Å². The van der Waals surface area contributed by atoms with Crippen LogP contribution in [0.3, 0.4) is 0 Å². The fourth-order valence-electron chi connectivity index (χ4n) is 2.26. The first-order chi connectivity index (χ1) is 9.10. The number of amides is 2. The van der Waals surface area contributed by atoms with E-state index in [1.54, 1.807) is 6.92 Å². The molecule has 1 unspecified atom stereocenters. The summed E-state index contributed by atoms with van der Waals surface area (Å²) < 4.78 is 4.98. The van der Waals surface area contributed by atoms with Crippen LogP contribution in [0.25, 0.3) is 0 Å². The highest BCUT2D eigenvalue weighted by Gasteiger charge is 2.27. The van der Waals surface area contributed by atoms with Crippen LogP contribution in [0.15, 0.2) is 11.3 Å². The Bertz CT molecular complexity index is 408. The molecule has 0 aromatic rings. The predicted octanol–water partition coefficient (Wildman–Crippen LogP) is -0.817. The third kappa shape index (κ3) is 3.45. The van der Waals surface area contributed by atoms with E-state index in [1.165, 1.54) is 0 Å². The summed E-state index contributed by atoms with van der Waals surface area (Å²) in [5.41, 5.74) is 1.01. The monoisotopic (exact) mass is 269 g/mol. The molecule has 19 heavy (non-hydrogen) atoms. The SMILES string of the molecule is CCOC(=O)C1=C(CN2CCC(O)C2)NC(=O)NC1. The van der Waals surface area contributed by atoms with Crippen LogP contribution in [0.4, 0.5) is 4.79 Å². The second kappa shape index (κ2) is 6.03. The van der Waals surface area contributed by atoms with E-state index < -0.39 is 5.97 Å². The van der Waals surface area contributed by atoms with Gasteiger partial charge in [-0.1, -0.05) is 0 Å². The first kappa shape index (κ1) is 13.8. The summed E-state index contributed by atoms with van der Waals surface area (Å²) in [6, 6.07) is -0.317. The Morgan fingerprint density at radius 1 is 1.58 bits per heavy atom. The van der Waals surface area contributed by atoms with Gasteiger partial charge in [-0.25, -0.2) is 9.59 Å². The first-order valence-electron chi connectivity index (χ1n) is 6.44. The fourth-order valence-corrected chi connectivity index (χ4v) is 2.26. The number of ether oxygens (including phenoxy) is 1. The molecule has 2 heterocycles. The molecule has 0 spiro atoms. The molecule has 0 bridgehead atoms. The molecule has 1 saturated heterocycles. The number of β-amino-alcohol motifs (C(OH)–C–C–N with tert-alkyl or cyclic N) is 1. The molecule has 1 fully saturated rings. The Balaban J connectivity index is 2.09. The number of rotatable bonds is 4. The van der Waals surface area contributed by atoms with Gasteiger partial charge in [-0.2, -0.15) is 0 Å².